The van der Waals surface area contributed by atoms with Crippen molar-refractivity contribution in [2.45, 2.75) is 27.7 Å². The van der Waals surface area contributed by atoms with Crippen LogP contribution in [-0.4, -0.2) is 36.7 Å². The number of carbonyl (C=O) groups is 2. The molecule has 0 aliphatic carbocycles. The molecule has 0 bridgehead atoms. The average Bonchev–Trinajstić information content (AvgIpc) is 3.13. The molecule has 0 unspecified atom stereocenters. The summed E-state index contributed by atoms with van der Waals surface area (Å²) in [5.41, 5.74) is 2.07. The lowest BCUT2D eigenvalue weighted by Crippen LogP contribution is -2.28. The summed E-state index contributed by atoms with van der Waals surface area (Å²) < 4.78 is 15.9. The van der Waals surface area contributed by atoms with E-state index in [1.807, 2.05) is 19.9 Å². The van der Waals surface area contributed by atoms with Crippen LogP contribution in [0.1, 0.15) is 33.3 Å². The van der Waals surface area contributed by atoms with Crippen LogP contribution in [0.15, 0.2) is 35.0 Å². The number of amides is 1. The summed E-state index contributed by atoms with van der Waals surface area (Å²) in [6.45, 7) is 8.58. The van der Waals surface area contributed by atoms with E-state index >= 15 is 0 Å². The van der Waals surface area contributed by atoms with Gasteiger partial charge in [0.25, 0.3) is 5.91 Å². The van der Waals surface area contributed by atoms with Gasteiger partial charge in [-0.15, -0.1) is 0 Å². The fourth-order valence-corrected chi connectivity index (χ4v) is 3.08. The van der Waals surface area contributed by atoms with Crippen molar-refractivity contribution < 1.29 is 23.8 Å². The molecule has 2 heterocycles. The van der Waals surface area contributed by atoms with Crippen LogP contribution in [0.3, 0.4) is 0 Å². The fraction of sp³-hybridized carbons (Fsp3) is 0.400. The molecule has 0 aromatic heterocycles. The summed E-state index contributed by atoms with van der Waals surface area (Å²) in [5, 5.41) is 0. The minimum Gasteiger partial charge on any atom is -0.462 e. The topological polar surface area (TPSA) is 65.1 Å². The largest absolute Gasteiger partial charge is 0.462 e. The molecule has 3 rings (SSSR count). The summed E-state index contributed by atoms with van der Waals surface area (Å²) in [6, 6.07) is 5.42. The van der Waals surface area contributed by atoms with Gasteiger partial charge in [-0.05, 0) is 43.5 Å². The molecule has 6 nitrogen and oxygen atoms in total. The Morgan fingerprint density at radius 1 is 1.31 bits per heavy atom. The van der Waals surface area contributed by atoms with Crippen LogP contribution in [0.25, 0.3) is 6.08 Å². The van der Waals surface area contributed by atoms with Crippen molar-refractivity contribution in [1.82, 2.24) is 4.90 Å². The lowest BCUT2D eigenvalue weighted by atomic mass is 10.0. The third-order valence-electron chi connectivity index (χ3n) is 4.25. The minimum atomic E-state index is -0.475. The SMILES string of the molecule is CCOC(=O)C1=C(C)N(CC(C)C)C(=O)C1=Cc1ccc2c(c1)OCO2. The van der Waals surface area contributed by atoms with Gasteiger partial charge in [-0.2, -0.15) is 0 Å². The van der Waals surface area contributed by atoms with Crippen LogP contribution in [0.2, 0.25) is 0 Å². The molecule has 2 aliphatic heterocycles. The molecule has 0 radical (unpaired) electrons. The first-order valence-corrected chi connectivity index (χ1v) is 8.74. The molecular weight excluding hydrogens is 334 g/mol. The second-order valence-electron chi connectivity index (χ2n) is 6.66. The molecule has 0 fully saturated rings. The van der Waals surface area contributed by atoms with Crippen LogP contribution in [0, 0.1) is 5.92 Å². The van der Waals surface area contributed by atoms with E-state index in [4.69, 9.17) is 14.2 Å². The van der Waals surface area contributed by atoms with E-state index in [9.17, 15) is 9.59 Å². The van der Waals surface area contributed by atoms with Gasteiger partial charge in [0.2, 0.25) is 6.79 Å². The highest BCUT2D eigenvalue weighted by Gasteiger charge is 2.37. The first-order chi connectivity index (χ1) is 12.4. The lowest BCUT2D eigenvalue weighted by molar-refractivity contribution is -0.138. The number of fused-ring (bicyclic) bond motifs is 1. The van der Waals surface area contributed by atoms with Gasteiger partial charge in [0, 0.05) is 12.2 Å². The number of esters is 1. The first-order valence-electron chi connectivity index (χ1n) is 8.74. The number of hydrogen-bond donors (Lipinski definition) is 0. The van der Waals surface area contributed by atoms with Crippen molar-refractivity contribution in [3.8, 4) is 11.5 Å². The van der Waals surface area contributed by atoms with Gasteiger partial charge in [-0.1, -0.05) is 19.9 Å². The Morgan fingerprint density at radius 2 is 2.04 bits per heavy atom. The second-order valence-corrected chi connectivity index (χ2v) is 6.66. The average molecular weight is 357 g/mol. The Bertz CT molecular complexity index is 806. The van der Waals surface area contributed by atoms with Crippen molar-refractivity contribution in [2.75, 3.05) is 19.9 Å². The maximum atomic E-state index is 13.0. The summed E-state index contributed by atoms with van der Waals surface area (Å²) in [6.07, 6.45) is 1.71. The van der Waals surface area contributed by atoms with E-state index in [-0.39, 0.29) is 25.2 Å². The second kappa shape index (κ2) is 7.23. The predicted octanol–water partition coefficient (Wildman–Crippen LogP) is 3.13. The predicted molar refractivity (Wildman–Crippen MR) is 96.4 cm³/mol. The summed E-state index contributed by atoms with van der Waals surface area (Å²) >= 11 is 0. The highest BCUT2D eigenvalue weighted by atomic mass is 16.7. The summed E-state index contributed by atoms with van der Waals surface area (Å²) in [4.78, 5) is 27.1. The minimum absolute atomic E-state index is 0.183. The van der Waals surface area contributed by atoms with Crippen LogP contribution >= 0.6 is 0 Å². The maximum absolute atomic E-state index is 13.0. The Labute approximate surface area is 153 Å². The van der Waals surface area contributed by atoms with Gasteiger partial charge in [-0.25, -0.2) is 4.79 Å². The zero-order chi connectivity index (χ0) is 18.8. The molecule has 0 spiro atoms. The Kier molecular flexibility index (Phi) is 5.02. The Balaban J connectivity index is 2.02. The van der Waals surface area contributed by atoms with E-state index < -0.39 is 5.97 Å². The van der Waals surface area contributed by atoms with Crippen molar-refractivity contribution >= 4 is 18.0 Å². The van der Waals surface area contributed by atoms with Crippen molar-refractivity contribution in [3.63, 3.8) is 0 Å². The number of hydrogen-bond acceptors (Lipinski definition) is 5. The fourth-order valence-electron chi connectivity index (χ4n) is 3.08. The van der Waals surface area contributed by atoms with E-state index in [2.05, 4.69) is 0 Å². The smallest absolute Gasteiger partial charge is 0.340 e. The van der Waals surface area contributed by atoms with Gasteiger partial charge in [-0.3, -0.25) is 4.79 Å². The number of nitrogens with zero attached hydrogens (tertiary/aromatic N) is 1. The van der Waals surface area contributed by atoms with Crippen LogP contribution in [-0.2, 0) is 14.3 Å². The highest BCUT2D eigenvalue weighted by Crippen LogP contribution is 2.36. The van der Waals surface area contributed by atoms with Crippen LogP contribution in [0.5, 0.6) is 11.5 Å². The molecule has 0 saturated carbocycles. The maximum Gasteiger partial charge on any atom is 0.340 e. The van der Waals surface area contributed by atoms with E-state index in [1.54, 1.807) is 37.0 Å². The molecular formula is C20H23NO5. The van der Waals surface area contributed by atoms with Crippen molar-refractivity contribution in [2.24, 2.45) is 5.92 Å². The van der Waals surface area contributed by atoms with Crippen molar-refractivity contribution in [3.05, 3.63) is 40.6 Å². The number of carbonyl (C=O) groups excluding carboxylic acids is 2. The molecule has 0 saturated heterocycles. The molecule has 2 aliphatic rings. The molecule has 1 amide bonds. The zero-order valence-electron chi connectivity index (χ0n) is 15.5. The molecule has 26 heavy (non-hydrogen) atoms. The van der Waals surface area contributed by atoms with E-state index in [0.717, 1.165) is 5.56 Å². The number of ether oxygens (including phenoxy) is 3. The van der Waals surface area contributed by atoms with E-state index in [1.165, 1.54) is 0 Å². The molecule has 0 N–H and O–H groups in total. The van der Waals surface area contributed by atoms with Gasteiger partial charge in [0.1, 0.15) is 0 Å². The third-order valence-corrected chi connectivity index (χ3v) is 4.25. The zero-order valence-corrected chi connectivity index (χ0v) is 15.5. The monoisotopic (exact) mass is 357 g/mol. The van der Waals surface area contributed by atoms with Crippen LogP contribution < -0.4 is 9.47 Å². The molecule has 138 valence electrons. The first kappa shape index (κ1) is 18.0. The molecule has 6 heteroatoms. The summed E-state index contributed by atoms with van der Waals surface area (Å²) in [7, 11) is 0. The standard InChI is InChI=1S/C20H23NO5/c1-5-24-20(23)18-13(4)21(10-12(2)3)19(22)15(18)8-14-6-7-16-17(9-14)26-11-25-16/h6-9,12H,5,10-11H2,1-4H3. The number of benzene rings is 1. The number of allylic oxidation sites excluding steroid dienone is 1. The number of rotatable bonds is 5. The normalized spacial score (nSPS) is 17.7. The van der Waals surface area contributed by atoms with Gasteiger partial charge in [0.05, 0.1) is 17.8 Å². The lowest BCUT2D eigenvalue weighted by Gasteiger charge is -2.19. The quantitative estimate of drug-likeness (QED) is 0.598. The Hall–Kier alpha value is -2.76. The third kappa shape index (κ3) is 3.31. The molecule has 1 aromatic rings. The summed E-state index contributed by atoms with van der Waals surface area (Å²) in [5.74, 6) is 0.918. The Morgan fingerprint density at radius 3 is 2.73 bits per heavy atom. The van der Waals surface area contributed by atoms with Gasteiger partial charge in [0.15, 0.2) is 11.5 Å². The van der Waals surface area contributed by atoms with Crippen LogP contribution in [0.4, 0.5) is 0 Å². The molecule has 0 atom stereocenters. The van der Waals surface area contributed by atoms with E-state index in [0.29, 0.717) is 34.9 Å². The highest BCUT2D eigenvalue weighted by molar-refractivity contribution is 6.16. The molecule has 1 aromatic carbocycles. The van der Waals surface area contributed by atoms with Gasteiger partial charge >= 0.3 is 5.97 Å². The van der Waals surface area contributed by atoms with Gasteiger partial charge < -0.3 is 19.1 Å². The van der Waals surface area contributed by atoms with Crippen molar-refractivity contribution in [1.29, 1.82) is 0 Å².